The van der Waals surface area contributed by atoms with E-state index in [-0.39, 0.29) is 5.97 Å². The van der Waals surface area contributed by atoms with Gasteiger partial charge in [-0.3, -0.25) is 0 Å². The van der Waals surface area contributed by atoms with Crippen LogP contribution in [-0.4, -0.2) is 36.0 Å². The minimum atomic E-state index is -0.326. The smallest absolute Gasteiger partial charge is 0.340 e. The molecule has 6 heteroatoms. The number of aromatic nitrogens is 1. The molecule has 3 aromatic rings. The van der Waals surface area contributed by atoms with Gasteiger partial charge < -0.3 is 14.2 Å². The number of halogens is 1. The lowest BCUT2D eigenvalue weighted by Gasteiger charge is -2.41. The van der Waals surface area contributed by atoms with Crippen molar-refractivity contribution in [3.63, 3.8) is 0 Å². The lowest BCUT2D eigenvalue weighted by atomic mass is 10.1. The first-order valence-corrected chi connectivity index (χ1v) is 9.93. The van der Waals surface area contributed by atoms with Crippen LogP contribution in [0.3, 0.4) is 0 Å². The molecule has 1 aliphatic rings. The van der Waals surface area contributed by atoms with E-state index in [1.807, 2.05) is 65.1 Å². The Kier molecular flexibility index (Phi) is 5.14. The summed E-state index contributed by atoms with van der Waals surface area (Å²) in [6, 6.07) is 17.6. The Balaban J connectivity index is 1.56. The molecule has 1 saturated heterocycles. The SMILES string of the molecule is COC(=O)c1cccc(N2CC(Sc3ccc(Cl)cc3)C2)c1-n1cccc1. The van der Waals surface area contributed by atoms with Gasteiger partial charge in [-0.15, -0.1) is 11.8 Å². The van der Waals surface area contributed by atoms with Crippen molar-refractivity contribution >= 4 is 35.0 Å². The Bertz CT molecular complexity index is 935. The highest BCUT2D eigenvalue weighted by molar-refractivity contribution is 8.00. The third-order valence-corrected chi connectivity index (χ3v) is 6.02. The van der Waals surface area contributed by atoms with Crippen molar-refractivity contribution in [3.05, 3.63) is 77.6 Å². The van der Waals surface area contributed by atoms with Gasteiger partial charge in [0.1, 0.15) is 0 Å². The Morgan fingerprint density at radius 1 is 1.07 bits per heavy atom. The number of carbonyl (C=O) groups is 1. The molecular formula is C21H19ClN2O2S. The van der Waals surface area contributed by atoms with Gasteiger partial charge in [0.2, 0.25) is 0 Å². The number of hydrogen-bond acceptors (Lipinski definition) is 4. The van der Waals surface area contributed by atoms with E-state index in [0.29, 0.717) is 10.8 Å². The van der Waals surface area contributed by atoms with Gasteiger partial charge in [-0.2, -0.15) is 0 Å². The summed E-state index contributed by atoms with van der Waals surface area (Å²) in [6.07, 6.45) is 3.90. The molecule has 1 fully saturated rings. The van der Waals surface area contributed by atoms with Crippen LogP contribution in [0.5, 0.6) is 0 Å². The minimum Gasteiger partial charge on any atom is -0.465 e. The van der Waals surface area contributed by atoms with Gasteiger partial charge in [-0.05, 0) is 48.5 Å². The number of para-hydroxylation sites is 1. The Hall–Kier alpha value is -2.37. The molecular weight excluding hydrogens is 380 g/mol. The van der Waals surface area contributed by atoms with Crippen molar-refractivity contribution in [1.82, 2.24) is 4.57 Å². The van der Waals surface area contributed by atoms with E-state index in [1.54, 1.807) is 0 Å². The molecule has 1 aliphatic heterocycles. The lowest BCUT2D eigenvalue weighted by Crippen LogP contribution is -2.49. The number of rotatable bonds is 5. The number of anilines is 1. The fourth-order valence-electron chi connectivity index (χ4n) is 3.23. The van der Waals surface area contributed by atoms with Gasteiger partial charge in [0.15, 0.2) is 0 Å². The molecule has 0 N–H and O–H groups in total. The second-order valence-electron chi connectivity index (χ2n) is 6.35. The van der Waals surface area contributed by atoms with Crippen molar-refractivity contribution in [3.8, 4) is 5.69 Å². The van der Waals surface area contributed by atoms with Gasteiger partial charge in [-0.25, -0.2) is 4.79 Å². The molecule has 1 aromatic heterocycles. The van der Waals surface area contributed by atoms with Gasteiger partial charge in [0.05, 0.1) is 24.0 Å². The first-order chi connectivity index (χ1) is 13.2. The topological polar surface area (TPSA) is 34.5 Å². The molecule has 0 radical (unpaired) electrons. The molecule has 0 unspecified atom stereocenters. The molecule has 138 valence electrons. The molecule has 0 aliphatic carbocycles. The van der Waals surface area contributed by atoms with Gasteiger partial charge in [0, 0.05) is 40.7 Å². The number of methoxy groups -OCH3 is 1. The summed E-state index contributed by atoms with van der Waals surface area (Å²) >= 11 is 7.82. The average molecular weight is 399 g/mol. The van der Waals surface area contributed by atoms with Crippen LogP contribution in [0, 0.1) is 0 Å². The van der Waals surface area contributed by atoms with Crippen LogP contribution in [0.25, 0.3) is 5.69 Å². The van der Waals surface area contributed by atoms with Crippen LogP contribution in [0.4, 0.5) is 5.69 Å². The highest BCUT2D eigenvalue weighted by Gasteiger charge is 2.31. The summed E-state index contributed by atoms with van der Waals surface area (Å²) in [5, 5.41) is 1.26. The predicted molar refractivity (Wildman–Crippen MR) is 110 cm³/mol. The molecule has 0 atom stereocenters. The Morgan fingerprint density at radius 2 is 1.78 bits per heavy atom. The molecule has 2 aromatic carbocycles. The van der Waals surface area contributed by atoms with Crippen molar-refractivity contribution in [2.45, 2.75) is 10.1 Å². The quantitative estimate of drug-likeness (QED) is 0.572. The maximum Gasteiger partial charge on any atom is 0.340 e. The maximum atomic E-state index is 12.3. The average Bonchev–Trinajstić information content (AvgIpc) is 3.19. The van der Waals surface area contributed by atoms with E-state index in [2.05, 4.69) is 23.1 Å². The van der Waals surface area contributed by atoms with Crippen LogP contribution in [0.1, 0.15) is 10.4 Å². The largest absolute Gasteiger partial charge is 0.465 e. The van der Waals surface area contributed by atoms with Gasteiger partial charge in [-0.1, -0.05) is 17.7 Å². The van der Waals surface area contributed by atoms with E-state index >= 15 is 0 Å². The second-order valence-corrected chi connectivity index (χ2v) is 8.16. The molecule has 0 spiro atoms. The lowest BCUT2D eigenvalue weighted by molar-refractivity contribution is 0.0601. The third kappa shape index (κ3) is 3.70. The molecule has 4 nitrogen and oxygen atoms in total. The zero-order valence-electron chi connectivity index (χ0n) is 14.8. The van der Waals surface area contributed by atoms with Crippen molar-refractivity contribution in [2.24, 2.45) is 0 Å². The molecule has 4 rings (SSSR count). The van der Waals surface area contributed by atoms with Crippen molar-refractivity contribution < 1.29 is 9.53 Å². The standard InChI is InChI=1S/C21H19ClN2O2S/c1-26-21(25)18-5-4-6-19(20(18)23-11-2-3-12-23)24-13-17(14-24)27-16-9-7-15(22)8-10-16/h2-12,17H,13-14H2,1H3. The first kappa shape index (κ1) is 18.0. The third-order valence-electron chi connectivity index (χ3n) is 4.59. The minimum absolute atomic E-state index is 0.326. The first-order valence-electron chi connectivity index (χ1n) is 8.67. The number of hydrogen-bond donors (Lipinski definition) is 0. The van der Waals surface area contributed by atoms with Crippen LogP contribution in [0.2, 0.25) is 5.02 Å². The highest BCUT2D eigenvalue weighted by atomic mass is 35.5. The second kappa shape index (κ2) is 7.71. The summed E-state index contributed by atoms with van der Waals surface area (Å²) in [5.74, 6) is -0.326. The van der Waals surface area contributed by atoms with E-state index in [0.717, 1.165) is 29.5 Å². The number of esters is 1. The molecule has 0 bridgehead atoms. The highest BCUT2D eigenvalue weighted by Crippen LogP contribution is 2.37. The van der Waals surface area contributed by atoms with E-state index in [1.165, 1.54) is 12.0 Å². The zero-order chi connectivity index (χ0) is 18.8. The fraction of sp³-hybridized carbons (Fsp3) is 0.190. The van der Waals surface area contributed by atoms with Crippen LogP contribution in [-0.2, 0) is 4.74 Å². The van der Waals surface area contributed by atoms with E-state index in [4.69, 9.17) is 16.3 Å². The predicted octanol–water partition coefficient (Wildman–Crippen LogP) is 4.90. The Morgan fingerprint density at radius 3 is 2.44 bits per heavy atom. The number of carbonyl (C=O) groups excluding carboxylic acids is 1. The maximum absolute atomic E-state index is 12.3. The number of nitrogens with zero attached hydrogens (tertiary/aromatic N) is 2. The van der Waals surface area contributed by atoms with Crippen LogP contribution < -0.4 is 4.90 Å². The molecule has 0 saturated carbocycles. The van der Waals surface area contributed by atoms with Crippen molar-refractivity contribution in [2.75, 3.05) is 25.1 Å². The normalized spacial score (nSPS) is 14.1. The van der Waals surface area contributed by atoms with E-state index in [9.17, 15) is 4.79 Å². The molecule has 27 heavy (non-hydrogen) atoms. The van der Waals surface area contributed by atoms with Gasteiger partial charge in [0.25, 0.3) is 0 Å². The Labute approximate surface area is 167 Å². The van der Waals surface area contributed by atoms with Gasteiger partial charge >= 0.3 is 5.97 Å². The van der Waals surface area contributed by atoms with Crippen LogP contribution in [0.15, 0.2) is 71.9 Å². The summed E-state index contributed by atoms with van der Waals surface area (Å²) in [7, 11) is 1.41. The number of benzene rings is 2. The zero-order valence-corrected chi connectivity index (χ0v) is 16.4. The molecule has 0 amide bonds. The summed E-state index contributed by atoms with van der Waals surface area (Å²) < 4.78 is 6.96. The number of ether oxygens (including phenoxy) is 1. The summed E-state index contributed by atoms with van der Waals surface area (Å²) in [5.41, 5.74) is 2.48. The fourth-order valence-corrected chi connectivity index (χ4v) is 4.54. The monoisotopic (exact) mass is 398 g/mol. The van der Waals surface area contributed by atoms with E-state index < -0.39 is 0 Å². The summed E-state index contributed by atoms with van der Waals surface area (Å²) in [4.78, 5) is 15.8. The summed E-state index contributed by atoms with van der Waals surface area (Å²) in [6.45, 7) is 1.85. The van der Waals surface area contributed by atoms with Crippen molar-refractivity contribution in [1.29, 1.82) is 0 Å². The van der Waals surface area contributed by atoms with Crippen LogP contribution >= 0.6 is 23.4 Å². The molecule has 2 heterocycles. The number of thioether (sulfide) groups is 1.